The van der Waals surface area contributed by atoms with Gasteiger partial charge in [-0.25, -0.2) is 0 Å². The third kappa shape index (κ3) is 3.37. The van der Waals surface area contributed by atoms with Crippen molar-refractivity contribution in [3.63, 3.8) is 0 Å². The maximum atomic E-state index is 4.80. The number of fused-ring (bicyclic) bond motifs is 3. The van der Waals surface area contributed by atoms with Gasteiger partial charge in [-0.2, -0.15) is 0 Å². The quantitative estimate of drug-likeness (QED) is 0.241. The van der Waals surface area contributed by atoms with Gasteiger partial charge in [0.25, 0.3) is 0 Å². The van der Waals surface area contributed by atoms with E-state index in [9.17, 15) is 0 Å². The van der Waals surface area contributed by atoms with Crippen molar-refractivity contribution in [3.8, 4) is 33.4 Å². The lowest BCUT2D eigenvalue weighted by atomic mass is 9.85. The van der Waals surface area contributed by atoms with Gasteiger partial charge in [0.05, 0.1) is 5.52 Å². The molecule has 168 valence electrons. The van der Waals surface area contributed by atoms with Crippen LogP contribution in [0.3, 0.4) is 0 Å². The van der Waals surface area contributed by atoms with Gasteiger partial charge in [0.2, 0.25) is 0 Å². The lowest BCUT2D eigenvalue weighted by Crippen LogP contribution is -1.92. The molecule has 0 unspecified atom stereocenters. The van der Waals surface area contributed by atoms with Gasteiger partial charge in [-0.05, 0) is 67.6 Å². The predicted octanol–water partition coefficient (Wildman–Crippen LogP) is 9.54. The summed E-state index contributed by atoms with van der Waals surface area (Å²) in [6.07, 6.45) is 2.02. The number of nitrogens with zero attached hydrogens (tertiary/aromatic N) is 1. The van der Waals surface area contributed by atoms with Crippen LogP contribution in [0, 0.1) is 0 Å². The molecule has 0 saturated heterocycles. The highest BCUT2D eigenvalue weighted by atomic mass is 14.6. The molecule has 0 aliphatic rings. The van der Waals surface area contributed by atoms with Gasteiger partial charge < -0.3 is 0 Å². The Hall–Kier alpha value is -4.75. The molecule has 1 nitrogen and oxygen atoms in total. The second-order valence-electron chi connectivity index (χ2n) is 9.20. The van der Waals surface area contributed by atoms with Crippen molar-refractivity contribution in [2.45, 2.75) is 0 Å². The van der Waals surface area contributed by atoms with E-state index in [1.54, 1.807) is 0 Å². The highest BCUT2D eigenvalue weighted by molar-refractivity contribution is 6.21. The first kappa shape index (κ1) is 20.6. The van der Waals surface area contributed by atoms with E-state index in [1.165, 1.54) is 49.4 Å². The van der Waals surface area contributed by atoms with Gasteiger partial charge in [-0.3, -0.25) is 4.98 Å². The first-order valence-electron chi connectivity index (χ1n) is 12.3. The first-order valence-corrected chi connectivity index (χ1v) is 12.3. The zero-order valence-electron chi connectivity index (χ0n) is 19.7. The third-order valence-corrected chi connectivity index (χ3v) is 7.07. The Morgan fingerprint density at radius 3 is 1.58 bits per heavy atom. The number of hydrogen-bond acceptors (Lipinski definition) is 1. The van der Waals surface area contributed by atoms with Crippen LogP contribution in [-0.2, 0) is 0 Å². The molecular formula is C35H23N. The number of benzene rings is 6. The Morgan fingerprint density at radius 1 is 0.361 bits per heavy atom. The molecule has 0 fully saturated rings. The van der Waals surface area contributed by atoms with E-state index >= 15 is 0 Å². The zero-order chi connectivity index (χ0) is 23.9. The molecule has 0 N–H and O–H groups in total. The molecule has 0 amide bonds. The summed E-state index contributed by atoms with van der Waals surface area (Å²) in [5.41, 5.74) is 8.36. The standard InChI is InChI=1S/C35H23N/c1-2-11-24(12-3-1)25-14-10-15-27(21-25)34-29-16-5-7-18-31(29)35(32-19-8-6-17-30(32)34)28-22-26-13-4-9-20-33(26)36-23-28/h1-23H. The minimum Gasteiger partial charge on any atom is -0.256 e. The van der Waals surface area contributed by atoms with Crippen molar-refractivity contribution in [1.29, 1.82) is 0 Å². The van der Waals surface area contributed by atoms with Gasteiger partial charge in [0, 0.05) is 17.1 Å². The van der Waals surface area contributed by atoms with E-state index < -0.39 is 0 Å². The minimum atomic E-state index is 1.02. The van der Waals surface area contributed by atoms with Gasteiger partial charge in [-0.1, -0.05) is 115 Å². The van der Waals surface area contributed by atoms with Crippen LogP contribution in [0.25, 0.3) is 65.8 Å². The van der Waals surface area contributed by atoms with Crippen LogP contribution in [0.1, 0.15) is 0 Å². The van der Waals surface area contributed by atoms with E-state index in [4.69, 9.17) is 4.98 Å². The Labute approximate surface area is 210 Å². The minimum absolute atomic E-state index is 1.02. The lowest BCUT2D eigenvalue weighted by molar-refractivity contribution is 1.41. The summed E-state index contributed by atoms with van der Waals surface area (Å²) in [5.74, 6) is 0. The molecule has 0 saturated carbocycles. The fourth-order valence-electron chi connectivity index (χ4n) is 5.44. The van der Waals surface area contributed by atoms with Crippen molar-refractivity contribution in [2.24, 2.45) is 0 Å². The van der Waals surface area contributed by atoms with Crippen LogP contribution >= 0.6 is 0 Å². The Kier molecular flexibility index (Phi) is 4.85. The number of rotatable bonds is 3. The summed E-state index contributed by atoms with van der Waals surface area (Å²) < 4.78 is 0. The fraction of sp³-hybridized carbons (Fsp3) is 0. The average molecular weight is 458 g/mol. The molecule has 7 rings (SSSR count). The van der Waals surface area contributed by atoms with Crippen LogP contribution in [0.4, 0.5) is 0 Å². The van der Waals surface area contributed by atoms with Crippen molar-refractivity contribution in [2.75, 3.05) is 0 Å². The highest BCUT2D eigenvalue weighted by Crippen LogP contribution is 2.44. The van der Waals surface area contributed by atoms with Crippen LogP contribution in [0.15, 0.2) is 140 Å². The van der Waals surface area contributed by atoms with E-state index in [2.05, 4.69) is 127 Å². The highest BCUT2D eigenvalue weighted by Gasteiger charge is 2.17. The SMILES string of the molecule is c1ccc(-c2cccc(-c3c4ccccc4c(-c4cnc5ccccc5c4)c4ccccc34)c2)cc1. The lowest BCUT2D eigenvalue weighted by Gasteiger charge is -2.18. The van der Waals surface area contributed by atoms with Gasteiger partial charge in [0.1, 0.15) is 0 Å². The summed E-state index contributed by atoms with van der Waals surface area (Å²) in [4.78, 5) is 4.80. The molecule has 1 aromatic heterocycles. The van der Waals surface area contributed by atoms with Gasteiger partial charge >= 0.3 is 0 Å². The van der Waals surface area contributed by atoms with E-state index in [0.29, 0.717) is 0 Å². The van der Waals surface area contributed by atoms with Crippen LogP contribution in [0.5, 0.6) is 0 Å². The summed E-state index contributed by atoms with van der Waals surface area (Å²) in [7, 11) is 0. The molecule has 6 aromatic carbocycles. The van der Waals surface area contributed by atoms with Crippen molar-refractivity contribution < 1.29 is 0 Å². The molecule has 1 heterocycles. The van der Waals surface area contributed by atoms with E-state index in [1.807, 2.05) is 12.3 Å². The fourth-order valence-corrected chi connectivity index (χ4v) is 5.44. The summed E-state index contributed by atoms with van der Waals surface area (Å²) in [6.45, 7) is 0. The van der Waals surface area contributed by atoms with Crippen LogP contribution in [-0.4, -0.2) is 4.98 Å². The van der Waals surface area contributed by atoms with Gasteiger partial charge in [-0.15, -0.1) is 0 Å². The van der Waals surface area contributed by atoms with Crippen molar-refractivity contribution in [1.82, 2.24) is 4.98 Å². The maximum absolute atomic E-state index is 4.80. The first-order chi connectivity index (χ1) is 17.9. The second-order valence-corrected chi connectivity index (χ2v) is 9.20. The van der Waals surface area contributed by atoms with Crippen LogP contribution in [0.2, 0.25) is 0 Å². The molecule has 0 atom stereocenters. The average Bonchev–Trinajstić information content (AvgIpc) is 2.96. The smallest absolute Gasteiger partial charge is 0.0702 e. The van der Waals surface area contributed by atoms with Gasteiger partial charge in [0.15, 0.2) is 0 Å². The molecule has 0 aliphatic heterocycles. The molecule has 7 aromatic rings. The number of aromatic nitrogens is 1. The van der Waals surface area contributed by atoms with E-state index in [-0.39, 0.29) is 0 Å². The number of hydrogen-bond donors (Lipinski definition) is 0. The topological polar surface area (TPSA) is 12.9 Å². The number of pyridine rings is 1. The largest absolute Gasteiger partial charge is 0.256 e. The molecule has 36 heavy (non-hydrogen) atoms. The maximum Gasteiger partial charge on any atom is 0.0702 e. The normalized spacial score (nSPS) is 11.3. The summed E-state index contributed by atoms with van der Waals surface area (Å²) in [5, 5.41) is 6.15. The molecular weight excluding hydrogens is 434 g/mol. The molecule has 0 bridgehead atoms. The van der Waals surface area contributed by atoms with E-state index in [0.717, 1.165) is 16.5 Å². The number of para-hydroxylation sites is 1. The van der Waals surface area contributed by atoms with Crippen molar-refractivity contribution >= 4 is 32.4 Å². The predicted molar refractivity (Wildman–Crippen MR) is 153 cm³/mol. The Morgan fingerprint density at radius 2 is 0.889 bits per heavy atom. The Balaban J connectivity index is 1.55. The molecule has 1 heteroatoms. The third-order valence-electron chi connectivity index (χ3n) is 7.07. The summed E-state index contributed by atoms with van der Waals surface area (Å²) >= 11 is 0. The molecule has 0 radical (unpaired) electrons. The van der Waals surface area contributed by atoms with Crippen molar-refractivity contribution in [3.05, 3.63) is 140 Å². The van der Waals surface area contributed by atoms with Crippen LogP contribution < -0.4 is 0 Å². The molecule has 0 aliphatic carbocycles. The molecule has 0 spiro atoms. The summed E-state index contributed by atoms with van der Waals surface area (Å²) in [6, 6.07) is 47.7. The Bertz CT molecular complexity index is 1830. The second kappa shape index (κ2) is 8.48. The zero-order valence-corrected chi connectivity index (χ0v) is 19.7. The monoisotopic (exact) mass is 457 g/mol.